The van der Waals surface area contributed by atoms with Gasteiger partial charge < -0.3 is 10.6 Å². The zero-order valence-corrected chi connectivity index (χ0v) is 11.2. The van der Waals surface area contributed by atoms with Gasteiger partial charge in [0.1, 0.15) is 5.69 Å². The quantitative estimate of drug-likeness (QED) is 0.509. The Balaban J connectivity index is 2.04. The lowest BCUT2D eigenvalue weighted by atomic mass is 10.2. The van der Waals surface area contributed by atoms with E-state index in [0.717, 1.165) is 38.4 Å². The van der Waals surface area contributed by atoms with Crippen LogP contribution in [-0.2, 0) is 0 Å². The highest BCUT2D eigenvalue weighted by molar-refractivity contribution is 5.66. The minimum absolute atomic E-state index is 0.0200. The van der Waals surface area contributed by atoms with Crippen molar-refractivity contribution in [2.45, 2.75) is 13.3 Å². The molecule has 2 N–H and O–H groups in total. The molecule has 1 fully saturated rings. The second kappa shape index (κ2) is 5.88. The molecule has 2 rings (SSSR count). The number of hydrogen-bond acceptors (Lipinski definition) is 5. The molecule has 6 heteroatoms. The van der Waals surface area contributed by atoms with E-state index < -0.39 is 4.92 Å². The van der Waals surface area contributed by atoms with Gasteiger partial charge in [-0.3, -0.25) is 15.0 Å². The van der Waals surface area contributed by atoms with Crippen LogP contribution in [0.3, 0.4) is 0 Å². The second-order valence-electron chi connectivity index (χ2n) is 4.83. The van der Waals surface area contributed by atoms with Gasteiger partial charge in [0, 0.05) is 37.9 Å². The number of anilines is 2. The third kappa shape index (κ3) is 3.14. The average molecular weight is 264 g/mol. The number of nitrogens with zero attached hydrogens (tertiary/aromatic N) is 3. The van der Waals surface area contributed by atoms with Crippen molar-refractivity contribution in [1.82, 2.24) is 4.90 Å². The standard InChI is InChI=1S/C13H20N4O2/c1-2-5-15-6-8-16(9-7-15)11-3-4-13(17(18)19)12(14)10-11/h3-4,10H,2,5-9,14H2,1H3. The predicted octanol–water partition coefficient (Wildman–Crippen LogP) is 1.71. The summed E-state index contributed by atoms with van der Waals surface area (Å²) in [5.74, 6) is 0. The van der Waals surface area contributed by atoms with Gasteiger partial charge in [0.2, 0.25) is 0 Å². The van der Waals surface area contributed by atoms with Crippen LogP contribution in [0.4, 0.5) is 17.1 Å². The van der Waals surface area contributed by atoms with Crippen molar-refractivity contribution < 1.29 is 4.92 Å². The first-order valence-electron chi connectivity index (χ1n) is 6.63. The molecule has 0 unspecified atom stereocenters. The first-order valence-corrected chi connectivity index (χ1v) is 6.63. The third-order valence-electron chi connectivity index (χ3n) is 3.49. The summed E-state index contributed by atoms with van der Waals surface area (Å²) in [4.78, 5) is 14.9. The van der Waals surface area contributed by atoms with Crippen molar-refractivity contribution in [2.75, 3.05) is 43.4 Å². The van der Waals surface area contributed by atoms with Gasteiger partial charge in [-0.05, 0) is 25.1 Å². The molecule has 0 atom stereocenters. The molecule has 1 aromatic rings. The predicted molar refractivity (Wildman–Crippen MR) is 76.5 cm³/mol. The SMILES string of the molecule is CCCN1CCN(c2ccc([N+](=O)[O-])c(N)c2)CC1. The highest BCUT2D eigenvalue weighted by atomic mass is 16.6. The van der Waals surface area contributed by atoms with Crippen molar-refractivity contribution in [3.63, 3.8) is 0 Å². The summed E-state index contributed by atoms with van der Waals surface area (Å²) in [6.07, 6.45) is 1.17. The fourth-order valence-electron chi connectivity index (χ4n) is 2.45. The molecule has 104 valence electrons. The van der Waals surface area contributed by atoms with Gasteiger partial charge >= 0.3 is 0 Å². The normalized spacial score (nSPS) is 16.6. The Bertz CT molecular complexity index is 456. The van der Waals surface area contributed by atoms with Gasteiger partial charge in [0.25, 0.3) is 5.69 Å². The number of rotatable bonds is 4. The van der Waals surface area contributed by atoms with Gasteiger partial charge in [-0.15, -0.1) is 0 Å². The molecular weight excluding hydrogens is 244 g/mol. The van der Waals surface area contributed by atoms with E-state index in [1.807, 2.05) is 0 Å². The Hall–Kier alpha value is -1.82. The van der Waals surface area contributed by atoms with Crippen molar-refractivity contribution in [2.24, 2.45) is 0 Å². The molecule has 6 nitrogen and oxygen atoms in total. The van der Waals surface area contributed by atoms with E-state index in [1.54, 1.807) is 12.1 Å². The van der Waals surface area contributed by atoms with Gasteiger partial charge in [-0.25, -0.2) is 0 Å². The Morgan fingerprint density at radius 2 is 2.00 bits per heavy atom. The number of nitro benzene ring substituents is 1. The van der Waals surface area contributed by atoms with E-state index in [9.17, 15) is 10.1 Å². The number of benzene rings is 1. The van der Waals surface area contributed by atoms with Crippen molar-refractivity contribution in [3.8, 4) is 0 Å². The van der Waals surface area contributed by atoms with Crippen LogP contribution in [0.15, 0.2) is 18.2 Å². The third-order valence-corrected chi connectivity index (χ3v) is 3.49. The molecule has 1 saturated heterocycles. The molecule has 1 aliphatic heterocycles. The number of nitro groups is 1. The molecular formula is C13H20N4O2. The van der Waals surface area contributed by atoms with E-state index in [1.165, 1.54) is 12.5 Å². The minimum atomic E-state index is -0.446. The lowest BCUT2D eigenvalue weighted by Gasteiger charge is -2.36. The molecule has 19 heavy (non-hydrogen) atoms. The van der Waals surface area contributed by atoms with Crippen LogP contribution in [0.2, 0.25) is 0 Å². The van der Waals surface area contributed by atoms with Crippen LogP contribution in [0.1, 0.15) is 13.3 Å². The largest absolute Gasteiger partial charge is 0.393 e. The molecule has 1 heterocycles. The highest BCUT2D eigenvalue weighted by Gasteiger charge is 2.18. The summed E-state index contributed by atoms with van der Waals surface area (Å²) < 4.78 is 0. The smallest absolute Gasteiger partial charge is 0.292 e. The second-order valence-corrected chi connectivity index (χ2v) is 4.83. The van der Waals surface area contributed by atoms with Crippen LogP contribution < -0.4 is 10.6 Å². The highest BCUT2D eigenvalue weighted by Crippen LogP contribution is 2.27. The fraction of sp³-hybridized carbons (Fsp3) is 0.538. The van der Waals surface area contributed by atoms with Crippen molar-refractivity contribution in [3.05, 3.63) is 28.3 Å². The first kappa shape index (κ1) is 13.6. The van der Waals surface area contributed by atoms with Gasteiger partial charge in [0.05, 0.1) is 4.92 Å². The number of nitrogen functional groups attached to an aromatic ring is 1. The monoisotopic (exact) mass is 264 g/mol. The number of hydrogen-bond donors (Lipinski definition) is 1. The topological polar surface area (TPSA) is 75.6 Å². The van der Waals surface area contributed by atoms with E-state index in [0.29, 0.717) is 0 Å². The van der Waals surface area contributed by atoms with E-state index >= 15 is 0 Å². The first-order chi connectivity index (χ1) is 9.11. The van der Waals surface area contributed by atoms with Gasteiger partial charge in [-0.1, -0.05) is 6.92 Å². The fourth-order valence-corrected chi connectivity index (χ4v) is 2.45. The average Bonchev–Trinajstić information content (AvgIpc) is 2.39. The summed E-state index contributed by atoms with van der Waals surface area (Å²) in [6.45, 7) is 7.27. The Morgan fingerprint density at radius 3 is 2.53 bits per heavy atom. The minimum Gasteiger partial charge on any atom is -0.393 e. The Labute approximate surface area is 112 Å². The maximum atomic E-state index is 10.7. The van der Waals surface area contributed by atoms with Gasteiger partial charge in [0.15, 0.2) is 0 Å². The molecule has 0 bridgehead atoms. The summed E-state index contributed by atoms with van der Waals surface area (Å²) in [7, 11) is 0. The van der Waals surface area contributed by atoms with Crippen LogP contribution in [0, 0.1) is 10.1 Å². The summed E-state index contributed by atoms with van der Waals surface area (Å²) in [5.41, 5.74) is 6.91. The lowest BCUT2D eigenvalue weighted by Crippen LogP contribution is -2.46. The molecule has 0 spiro atoms. The van der Waals surface area contributed by atoms with E-state index in [2.05, 4.69) is 16.7 Å². The molecule has 0 saturated carbocycles. The summed E-state index contributed by atoms with van der Waals surface area (Å²) in [5, 5.41) is 10.7. The maximum absolute atomic E-state index is 10.7. The maximum Gasteiger partial charge on any atom is 0.292 e. The van der Waals surface area contributed by atoms with E-state index in [-0.39, 0.29) is 11.4 Å². The molecule has 0 radical (unpaired) electrons. The summed E-state index contributed by atoms with van der Waals surface area (Å²) >= 11 is 0. The zero-order valence-electron chi connectivity index (χ0n) is 11.2. The van der Waals surface area contributed by atoms with Crippen LogP contribution in [0.5, 0.6) is 0 Å². The van der Waals surface area contributed by atoms with E-state index in [4.69, 9.17) is 5.73 Å². The lowest BCUT2D eigenvalue weighted by molar-refractivity contribution is -0.383. The van der Waals surface area contributed by atoms with Crippen molar-refractivity contribution >= 4 is 17.1 Å². The van der Waals surface area contributed by atoms with Gasteiger partial charge in [-0.2, -0.15) is 0 Å². The Morgan fingerprint density at radius 1 is 1.32 bits per heavy atom. The summed E-state index contributed by atoms with van der Waals surface area (Å²) in [6, 6.07) is 4.97. The molecule has 0 aliphatic carbocycles. The molecule has 1 aliphatic rings. The van der Waals surface area contributed by atoms with Crippen molar-refractivity contribution in [1.29, 1.82) is 0 Å². The zero-order chi connectivity index (χ0) is 13.8. The molecule has 1 aromatic carbocycles. The number of nitrogens with two attached hydrogens (primary N) is 1. The Kier molecular flexibility index (Phi) is 4.21. The number of piperazine rings is 1. The molecule has 0 amide bonds. The molecule has 0 aromatic heterocycles. The van der Waals surface area contributed by atoms with Crippen LogP contribution in [0.25, 0.3) is 0 Å². The van der Waals surface area contributed by atoms with Crippen LogP contribution in [-0.4, -0.2) is 42.5 Å². The van der Waals surface area contributed by atoms with Crippen LogP contribution >= 0.6 is 0 Å².